The zero-order valence-electron chi connectivity index (χ0n) is 26.7. The summed E-state index contributed by atoms with van der Waals surface area (Å²) in [6, 6.07) is 8.39. The van der Waals surface area contributed by atoms with Crippen LogP contribution in [0.1, 0.15) is 74.3 Å². The number of benzene rings is 2. The number of amides is 3. The number of carbonyl (C=O) groups excluding carboxylic acids is 3. The second-order valence-corrected chi connectivity index (χ2v) is 14.6. The van der Waals surface area contributed by atoms with Crippen LogP contribution in [0, 0.1) is 11.2 Å². The molecule has 0 bridgehead atoms. The first-order chi connectivity index (χ1) is 23.3. The summed E-state index contributed by atoms with van der Waals surface area (Å²) in [7, 11) is 0.518. The molecule has 0 atom stereocenters. The minimum absolute atomic E-state index is 0.0138. The maximum Gasteiger partial charge on any atom is 0.419 e. The van der Waals surface area contributed by atoms with E-state index < -0.39 is 40.2 Å². The molecule has 2 aliphatic heterocycles. The van der Waals surface area contributed by atoms with Crippen LogP contribution in [0.5, 0.6) is 5.75 Å². The molecule has 3 amide bonds. The van der Waals surface area contributed by atoms with Gasteiger partial charge in [-0.1, -0.05) is 13.8 Å². The lowest BCUT2D eigenvalue weighted by Gasteiger charge is -2.54. The Hall–Kier alpha value is -4.37. The lowest BCUT2D eigenvalue weighted by molar-refractivity contribution is -0.139. The van der Waals surface area contributed by atoms with Crippen molar-refractivity contribution in [3.63, 3.8) is 0 Å². The number of rotatable bonds is 7. The van der Waals surface area contributed by atoms with Crippen LogP contribution in [0.3, 0.4) is 0 Å². The summed E-state index contributed by atoms with van der Waals surface area (Å²) >= 11 is 1.02. The van der Waals surface area contributed by atoms with Gasteiger partial charge in [0.15, 0.2) is 0 Å². The fourth-order valence-electron chi connectivity index (χ4n) is 6.01. The molecule has 7 rings (SSSR count). The molecule has 258 valence electrons. The molecule has 1 spiro atoms. The number of aromatic nitrogens is 1. The highest BCUT2D eigenvalue weighted by Crippen LogP contribution is 2.44. The normalized spacial score (nSPS) is 16.7. The van der Waals surface area contributed by atoms with E-state index in [-0.39, 0.29) is 50.4 Å². The molecular formula is C34H32F4N4O5S2. The quantitative estimate of drug-likeness (QED) is 0.198. The van der Waals surface area contributed by atoms with Gasteiger partial charge in [-0.3, -0.25) is 23.6 Å². The van der Waals surface area contributed by atoms with Crippen LogP contribution in [-0.2, 0) is 17.0 Å². The molecule has 0 radical (unpaired) electrons. The van der Waals surface area contributed by atoms with E-state index in [0.29, 0.717) is 46.8 Å². The van der Waals surface area contributed by atoms with E-state index in [0.717, 1.165) is 35.9 Å². The molecule has 4 aromatic rings. The third-order valence-electron chi connectivity index (χ3n) is 8.53. The molecule has 9 nitrogen and oxygen atoms in total. The van der Waals surface area contributed by atoms with Gasteiger partial charge in [-0.15, -0.1) is 11.3 Å². The number of methoxy groups -OCH3 is 1. The van der Waals surface area contributed by atoms with Crippen molar-refractivity contribution in [3.8, 4) is 5.75 Å². The zero-order chi connectivity index (χ0) is 35.2. The number of alkyl halides is 3. The van der Waals surface area contributed by atoms with Crippen LogP contribution < -0.4 is 15.4 Å². The van der Waals surface area contributed by atoms with Gasteiger partial charge in [0, 0.05) is 80.0 Å². The number of nitrogens with zero attached hydrogens (tertiary/aromatic N) is 2. The monoisotopic (exact) mass is 716 g/mol. The molecule has 0 unspecified atom stereocenters. The molecule has 49 heavy (non-hydrogen) atoms. The van der Waals surface area contributed by atoms with Crippen molar-refractivity contribution in [2.45, 2.75) is 38.8 Å². The summed E-state index contributed by atoms with van der Waals surface area (Å²) in [5, 5.41) is 5.58. The Labute approximate surface area is 285 Å². The Balaban J connectivity index is 0.00000205. The second-order valence-electron chi connectivity index (χ2n) is 12.1. The van der Waals surface area contributed by atoms with E-state index in [2.05, 4.69) is 15.6 Å². The maximum atomic E-state index is 13.9. The molecular weight excluding hydrogens is 685 g/mol. The molecule has 3 aliphatic rings. The standard InChI is InChI=1S/C32H26F4N4O5S2.C2H6/c1-45-24-7-4-17(30(43)40-12-31(13-40)14-47(44)15-31)8-19(24)28(41)39-26-20-11-37-23(16-2-3-16)10-25(20)46-27(26)29(42)38-18-5-6-22(33)21(9-18)32(34,35)36;1-2/h4-11,16H,2-3,12-15H2,1H3,(H,38,42)(H,39,41);1-2H3. The molecule has 4 heterocycles. The van der Waals surface area contributed by atoms with E-state index in [1.807, 2.05) is 19.9 Å². The van der Waals surface area contributed by atoms with Gasteiger partial charge in [0.1, 0.15) is 16.4 Å². The summed E-state index contributed by atoms with van der Waals surface area (Å²) in [6.07, 6.45) is -1.49. The number of pyridine rings is 1. The minimum Gasteiger partial charge on any atom is -0.496 e. The summed E-state index contributed by atoms with van der Waals surface area (Å²) in [5.74, 6) is -1.71. The minimum atomic E-state index is -4.98. The molecule has 2 aromatic carbocycles. The van der Waals surface area contributed by atoms with Crippen LogP contribution >= 0.6 is 11.3 Å². The van der Waals surface area contributed by atoms with Crippen LogP contribution in [0.2, 0.25) is 0 Å². The summed E-state index contributed by atoms with van der Waals surface area (Å²) in [6.45, 7) is 4.97. The Morgan fingerprint density at radius 3 is 2.37 bits per heavy atom. The van der Waals surface area contributed by atoms with Crippen LogP contribution in [0.25, 0.3) is 10.1 Å². The predicted molar refractivity (Wildman–Crippen MR) is 179 cm³/mol. The van der Waals surface area contributed by atoms with E-state index >= 15 is 0 Å². The molecule has 2 saturated heterocycles. The Morgan fingerprint density at radius 2 is 1.73 bits per heavy atom. The zero-order valence-corrected chi connectivity index (χ0v) is 28.3. The number of hydrogen-bond donors (Lipinski definition) is 2. The highest BCUT2D eigenvalue weighted by molar-refractivity contribution is 7.86. The van der Waals surface area contributed by atoms with Crippen molar-refractivity contribution < 1.29 is 40.9 Å². The number of carbonyl (C=O) groups is 3. The number of ether oxygens (including phenoxy) is 1. The maximum absolute atomic E-state index is 13.9. The first-order valence-corrected chi connectivity index (χ1v) is 17.9. The van der Waals surface area contributed by atoms with Gasteiger partial charge >= 0.3 is 6.18 Å². The Bertz CT molecular complexity index is 1990. The van der Waals surface area contributed by atoms with Crippen LogP contribution in [0.4, 0.5) is 28.9 Å². The largest absolute Gasteiger partial charge is 0.496 e. The molecule has 15 heteroatoms. The van der Waals surface area contributed by atoms with Gasteiger partial charge < -0.3 is 20.3 Å². The lowest BCUT2D eigenvalue weighted by atomic mass is 9.82. The van der Waals surface area contributed by atoms with Crippen LogP contribution in [0.15, 0.2) is 48.7 Å². The highest BCUT2D eigenvalue weighted by atomic mass is 32.2. The van der Waals surface area contributed by atoms with Gasteiger partial charge in [0.2, 0.25) is 0 Å². The number of nitrogens with one attached hydrogen (secondary N) is 2. The second kappa shape index (κ2) is 13.2. The average Bonchev–Trinajstić information content (AvgIpc) is 3.84. The third kappa shape index (κ3) is 6.78. The van der Waals surface area contributed by atoms with Gasteiger partial charge in [-0.25, -0.2) is 4.39 Å². The molecule has 2 N–H and O–H groups in total. The molecule has 2 aromatic heterocycles. The number of likely N-dealkylation sites (tertiary alicyclic amines) is 1. The first kappa shape index (κ1) is 34.5. The van der Waals surface area contributed by atoms with Crippen molar-refractivity contribution in [2.75, 3.05) is 42.3 Å². The van der Waals surface area contributed by atoms with E-state index in [4.69, 9.17) is 4.74 Å². The van der Waals surface area contributed by atoms with Crippen LogP contribution in [-0.4, -0.2) is 63.5 Å². The highest BCUT2D eigenvalue weighted by Gasteiger charge is 2.53. The van der Waals surface area contributed by atoms with Gasteiger partial charge in [0.05, 0.1) is 23.9 Å². The number of anilines is 2. The Kier molecular flexibility index (Phi) is 9.26. The smallest absolute Gasteiger partial charge is 0.419 e. The lowest BCUT2D eigenvalue weighted by Crippen LogP contribution is -2.67. The molecule has 1 saturated carbocycles. The summed E-state index contributed by atoms with van der Waals surface area (Å²) in [4.78, 5) is 46.7. The molecule has 1 aliphatic carbocycles. The fourth-order valence-corrected chi connectivity index (χ4v) is 8.73. The summed E-state index contributed by atoms with van der Waals surface area (Å²) < 4.78 is 71.5. The number of thiophene rings is 1. The van der Waals surface area contributed by atoms with Gasteiger partial charge in [0.25, 0.3) is 17.7 Å². The number of hydrogen-bond acceptors (Lipinski definition) is 7. The Morgan fingerprint density at radius 1 is 1.02 bits per heavy atom. The average molecular weight is 717 g/mol. The first-order valence-electron chi connectivity index (χ1n) is 15.6. The van der Waals surface area contributed by atoms with Crippen molar-refractivity contribution in [3.05, 3.63) is 81.7 Å². The number of halogens is 4. The SMILES string of the molecule is CC.COc1ccc(C(=O)N2CC3(C2)CS(=O)C3)cc1C(=O)Nc1c(C(=O)Nc2ccc(F)c(C(F)(F)F)c2)sc2cc(C3CC3)ncc12. The molecule has 3 fully saturated rings. The van der Waals surface area contributed by atoms with Gasteiger partial charge in [-0.2, -0.15) is 13.2 Å². The van der Waals surface area contributed by atoms with Crippen molar-refractivity contribution in [1.82, 2.24) is 9.88 Å². The third-order valence-corrected chi connectivity index (χ3v) is 11.6. The van der Waals surface area contributed by atoms with Crippen molar-refractivity contribution >= 4 is 61.3 Å². The van der Waals surface area contributed by atoms with E-state index in [1.165, 1.54) is 25.4 Å². The van der Waals surface area contributed by atoms with E-state index in [1.54, 1.807) is 11.0 Å². The van der Waals surface area contributed by atoms with E-state index in [9.17, 15) is 36.2 Å². The topological polar surface area (TPSA) is 118 Å². The van der Waals surface area contributed by atoms with Gasteiger partial charge in [-0.05, 0) is 55.3 Å². The predicted octanol–water partition coefficient (Wildman–Crippen LogP) is 7.08. The summed E-state index contributed by atoms with van der Waals surface area (Å²) in [5.41, 5.74) is -0.764. The van der Waals surface area contributed by atoms with Crippen molar-refractivity contribution in [2.24, 2.45) is 5.41 Å². The fraction of sp³-hybridized carbons (Fsp3) is 0.353. The number of fused-ring (bicyclic) bond motifs is 1. The van der Waals surface area contributed by atoms with Crippen molar-refractivity contribution in [1.29, 1.82) is 0 Å².